The Kier molecular flexibility index (Phi) is 6.20. The van der Waals surface area contributed by atoms with E-state index in [-0.39, 0.29) is 28.9 Å². The summed E-state index contributed by atoms with van der Waals surface area (Å²) in [6, 6.07) is 0. The van der Waals surface area contributed by atoms with Gasteiger partial charge in [-0.05, 0) is 25.4 Å². The maximum atomic E-state index is 11.2. The average molecular weight is 328 g/mol. The number of aliphatic carboxylic acids is 1. The molecule has 0 radical (unpaired) electrons. The lowest BCUT2D eigenvalue weighted by atomic mass is 10.1. The lowest BCUT2D eigenvalue weighted by Crippen LogP contribution is -2.33. The highest BCUT2D eigenvalue weighted by atomic mass is 35.5. The van der Waals surface area contributed by atoms with Crippen LogP contribution in [0.2, 0.25) is 0 Å². The standard InChI is InChI=1S/C9H10ClN3O4S.ClH/c1-9(2,7(15)16)17-13-5(6(10)14)4-3-18-8(11)12-4;/h3H,1-2H3,(H2,11,12)(H,15,16);1H/b13-5+;. The highest BCUT2D eigenvalue weighted by Crippen LogP contribution is 2.15. The number of halogens is 2. The molecule has 7 nitrogen and oxygen atoms in total. The number of carboxylic acids is 1. The molecular formula is C9H11Cl2N3O4S. The molecule has 0 bridgehead atoms. The van der Waals surface area contributed by atoms with Crippen LogP contribution < -0.4 is 5.73 Å². The number of rotatable bonds is 5. The molecule has 1 aromatic heterocycles. The van der Waals surface area contributed by atoms with E-state index in [1.54, 1.807) is 0 Å². The average Bonchev–Trinajstić information content (AvgIpc) is 2.64. The van der Waals surface area contributed by atoms with Crippen LogP contribution in [0.1, 0.15) is 19.5 Å². The number of nitrogens with zero attached hydrogens (tertiary/aromatic N) is 2. The number of nitrogen functional groups attached to an aromatic ring is 1. The Balaban J connectivity index is 0.00000324. The van der Waals surface area contributed by atoms with Gasteiger partial charge in [0.05, 0.1) is 0 Å². The Labute approximate surface area is 123 Å². The minimum absolute atomic E-state index is 0. The second kappa shape index (κ2) is 6.69. The highest BCUT2D eigenvalue weighted by molar-refractivity contribution is 7.13. The molecule has 10 heteroatoms. The fourth-order valence-corrected chi connectivity index (χ4v) is 1.46. The third-order valence-corrected chi connectivity index (χ3v) is 2.68. The Morgan fingerprint density at radius 1 is 1.58 bits per heavy atom. The van der Waals surface area contributed by atoms with E-state index in [2.05, 4.69) is 10.1 Å². The Bertz CT molecular complexity index is 515. The van der Waals surface area contributed by atoms with Crippen LogP contribution in [0.15, 0.2) is 10.5 Å². The van der Waals surface area contributed by atoms with Crippen LogP contribution in [0.3, 0.4) is 0 Å². The summed E-state index contributed by atoms with van der Waals surface area (Å²) in [5, 5.41) is 13.0. The number of hydrogen-bond donors (Lipinski definition) is 2. The first-order chi connectivity index (χ1) is 8.24. The number of hydrogen-bond acceptors (Lipinski definition) is 7. The Morgan fingerprint density at radius 2 is 2.16 bits per heavy atom. The van der Waals surface area contributed by atoms with Crippen LogP contribution in [0.4, 0.5) is 5.13 Å². The number of anilines is 1. The van der Waals surface area contributed by atoms with Gasteiger partial charge in [0.1, 0.15) is 5.69 Å². The van der Waals surface area contributed by atoms with Crippen molar-refractivity contribution in [3.05, 3.63) is 11.1 Å². The summed E-state index contributed by atoms with van der Waals surface area (Å²) in [6.45, 7) is 2.56. The molecule has 0 fully saturated rings. The topological polar surface area (TPSA) is 115 Å². The van der Waals surface area contributed by atoms with Crippen molar-refractivity contribution in [2.75, 3.05) is 5.73 Å². The van der Waals surface area contributed by atoms with Crippen molar-refractivity contribution >= 4 is 57.4 Å². The molecule has 0 unspecified atom stereocenters. The van der Waals surface area contributed by atoms with E-state index < -0.39 is 16.8 Å². The summed E-state index contributed by atoms with van der Waals surface area (Å²) in [7, 11) is 0. The molecule has 19 heavy (non-hydrogen) atoms. The fraction of sp³-hybridized carbons (Fsp3) is 0.333. The molecule has 0 aliphatic rings. The summed E-state index contributed by atoms with van der Waals surface area (Å²) in [4.78, 5) is 30.6. The lowest BCUT2D eigenvalue weighted by molar-refractivity contribution is -0.161. The molecule has 0 amide bonds. The molecule has 0 aromatic carbocycles. The number of oxime groups is 1. The molecule has 0 atom stereocenters. The summed E-state index contributed by atoms with van der Waals surface area (Å²) in [5.41, 5.74) is 3.67. The molecule has 0 aliphatic heterocycles. The number of nitrogens with two attached hydrogens (primary N) is 1. The van der Waals surface area contributed by atoms with Crippen molar-refractivity contribution in [2.24, 2.45) is 5.16 Å². The maximum Gasteiger partial charge on any atom is 0.350 e. The minimum Gasteiger partial charge on any atom is -0.478 e. The molecule has 0 aliphatic carbocycles. The van der Waals surface area contributed by atoms with Crippen molar-refractivity contribution in [3.8, 4) is 0 Å². The normalized spacial score (nSPS) is 11.6. The monoisotopic (exact) mass is 327 g/mol. The van der Waals surface area contributed by atoms with Crippen molar-refractivity contribution < 1.29 is 19.5 Å². The van der Waals surface area contributed by atoms with Crippen molar-refractivity contribution in [1.29, 1.82) is 0 Å². The number of carboxylic acid groups (broad SMARTS) is 1. The van der Waals surface area contributed by atoms with Crippen LogP contribution >= 0.6 is 35.3 Å². The van der Waals surface area contributed by atoms with Crippen molar-refractivity contribution in [1.82, 2.24) is 4.98 Å². The summed E-state index contributed by atoms with van der Waals surface area (Å²) >= 11 is 6.42. The van der Waals surface area contributed by atoms with Gasteiger partial charge in [-0.3, -0.25) is 4.79 Å². The van der Waals surface area contributed by atoms with Crippen LogP contribution in [-0.2, 0) is 14.4 Å². The molecule has 1 aromatic rings. The minimum atomic E-state index is -1.58. The molecular weight excluding hydrogens is 317 g/mol. The largest absolute Gasteiger partial charge is 0.478 e. The number of carbonyl (C=O) groups excluding carboxylic acids is 1. The van der Waals surface area contributed by atoms with Crippen LogP contribution in [0.25, 0.3) is 0 Å². The van der Waals surface area contributed by atoms with Gasteiger partial charge in [0.25, 0.3) is 5.24 Å². The van der Waals surface area contributed by atoms with Crippen LogP contribution in [-0.4, -0.2) is 32.6 Å². The van der Waals surface area contributed by atoms with E-state index in [1.165, 1.54) is 19.2 Å². The zero-order chi connectivity index (χ0) is 13.9. The third-order valence-electron chi connectivity index (χ3n) is 1.83. The second-order valence-electron chi connectivity index (χ2n) is 3.69. The van der Waals surface area contributed by atoms with Gasteiger partial charge in [-0.25, -0.2) is 9.78 Å². The van der Waals surface area contributed by atoms with E-state index in [0.717, 1.165) is 11.3 Å². The van der Waals surface area contributed by atoms with E-state index in [9.17, 15) is 9.59 Å². The maximum absolute atomic E-state index is 11.2. The first-order valence-electron chi connectivity index (χ1n) is 4.65. The van der Waals surface area contributed by atoms with E-state index in [0.29, 0.717) is 0 Å². The third kappa shape index (κ3) is 4.66. The predicted octanol–water partition coefficient (Wildman–Crippen LogP) is 1.50. The Morgan fingerprint density at radius 3 is 2.53 bits per heavy atom. The van der Waals surface area contributed by atoms with Gasteiger partial charge in [0.2, 0.25) is 5.60 Å². The SMILES string of the molecule is CC(C)(O/N=C(/C(=O)Cl)c1csc(N)n1)C(=O)O.Cl. The van der Waals surface area contributed by atoms with E-state index >= 15 is 0 Å². The summed E-state index contributed by atoms with van der Waals surface area (Å²) in [6.07, 6.45) is 0. The van der Waals surface area contributed by atoms with Gasteiger partial charge in [-0.2, -0.15) is 0 Å². The zero-order valence-corrected chi connectivity index (χ0v) is 12.3. The smallest absolute Gasteiger partial charge is 0.350 e. The molecule has 0 saturated carbocycles. The predicted molar refractivity (Wildman–Crippen MR) is 74.0 cm³/mol. The quantitative estimate of drug-likeness (QED) is 0.481. The van der Waals surface area contributed by atoms with Crippen LogP contribution in [0, 0.1) is 0 Å². The van der Waals surface area contributed by atoms with Gasteiger partial charge >= 0.3 is 5.97 Å². The molecule has 106 valence electrons. The number of thiazole rings is 1. The molecule has 1 rings (SSSR count). The van der Waals surface area contributed by atoms with E-state index in [4.69, 9.17) is 27.3 Å². The van der Waals surface area contributed by atoms with E-state index in [1.807, 2.05) is 0 Å². The summed E-state index contributed by atoms with van der Waals surface area (Å²) < 4.78 is 0. The highest BCUT2D eigenvalue weighted by Gasteiger charge is 2.30. The first-order valence-corrected chi connectivity index (χ1v) is 5.90. The van der Waals surface area contributed by atoms with Gasteiger partial charge in [0, 0.05) is 5.38 Å². The molecule has 0 spiro atoms. The lowest BCUT2D eigenvalue weighted by Gasteiger charge is -2.16. The summed E-state index contributed by atoms with van der Waals surface area (Å²) in [5.74, 6) is -1.23. The number of carbonyl (C=O) groups is 2. The number of aromatic nitrogens is 1. The molecule has 1 heterocycles. The molecule has 3 N–H and O–H groups in total. The van der Waals surface area contributed by atoms with Crippen LogP contribution in [0.5, 0.6) is 0 Å². The van der Waals surface area contributed by atoms with Crippen molar-refractivity contribution in [2.45, 2.75) is 19.4 Å². The fourth-order valence-electron chi connectivity index (χ4n) is 0.779. The van der Waals surface area contributed by atoms with Gasteiger partial charge in [-0.15, -0.1) is 23.7 Å². The van der Waals surface area contributed by atoms with Crippen molar-refractivity contribution in [3.63, 3.8) is 0 Å². The van der Waals surface area contributed by atoms with Gasteiger partial charge in [-0.1, -0.05) is 5.16 Å². The first kappa shape index (κ1) is 17.6. The molecule has 0 saturated heterocycles. The van der Waals surface area contributed by atoms with Gasteiger partial charge in [0.15, 0.2) is 10.8 Å². The second-order valence-corrected chi connectivity index (χ2v) is 4.92. The van der Waals surface area contributed by atoms with Gasteiger partial charge < -0.3 is 15.7 Å². The zero-order valence-electron chi connectivity index (χ0n) is 9.92. The Hall–Kier alpha value is -1.38.